The van der Waals surface area contributed by atoms with Crippen molar-refractivity contribution in [2.75, 3.05) is 13.1 Å². The molecular weight excluding hydrogens is 337 g/mol. The molecular formula is C17H21F3N2O3. The molecule has 25 heavy (non-hydrogen) atoms. The SMILES string of the molecule is CC(C)(C)OC(=O)N1C[C@@H](NC(=O)C(F)(F)F)[C@H](c2ccccc2)C1. The van der Waals surface area contributed by atoms with E-state index >= 15 is 0 Å². The molecule has 0 spiro atoms. The van der Waals surface area contributed by atoms with Crippen molar-refractivity contribution >= 4 is 12.0 Å². The molecule has 1 aromatic rings. The van der Waals surface area contributed by atoms with Gasteiger partial charge in [0.05, 0.1) is 6.04 Å². The molecule has 0 aliphatic carbocycles. The van der Waals surface area contributed by atoms with Crippen molar-refractivity contribution in [2.45, 2.75) is 44.5 Å². The van der Waals surface area contributed by atoms with Crippen LogP contribution in [0.1, 0.15) is 32.3 Å². The van der Waals surface area contributed by atoms with Gasteiger partial charge in [-0.3, -0.25) is 4.79 Å². The first kappa shape index (κ1) is 19.1. The summed E-state index contributed by atoms with van der Waals surface area (Å²) in [6, 6.07) is 7.98. The van der Waals surface area contributed by atoms with E-state index in [9.17, 15) is 22.8 Å². The summed E-state index contributed by atoms with van der Waals surface area (Å²) in [6.45, 7) is 5.24. The van der Waals surface area contributed by atoms with Gasteiger partial charge >= 0.3 is 18.2 Å². The molecule has 1 aromatic carbocycles. The van der Waals surface area contributed by atoms with E-state index in [0.717, 1.165) is 5.56 Å². The van der Waals surface area contributed by atoms with Gasteiger partial charge in [-0.1, -0.05) is 30.3 Å². The summed E-state index contributed by atoms with van der Waals surface area (Å²) in [5.74, 6) is -2.45. The number of hydrogen-bond acceptors (Lipinski definition) is 3. The number of alkyl halides is 3. The normalized spacial score (nSPS) is 21.1. The van der Waals surface area contributed by atoms with Crippen molar-refractivity contribution in [2.24, 2.45) is 0 Å². The Hall–Kier alpha value is -2.25. The number of benzene rings is 1. The molecule has 0 aromatic heterocycles. The summed E-state index contributed by atoms with van der Waals surface area (Å²) in [6.07, 6.45) is -5.59. The zero-order valence-corrected chi connectivity index (χ0v) is 14.3. The van der Waals surface area contributed by atoms with Gasteiger partial charge in [-0.05, 0) is 26.3 Å². The number of likely N-dealkylation sites (tertiary alicyclic amines) is 1. The summed E-state index contributed by atoms with van der Waals surface area (Å²) in [5, 5.41) is 2.00. The number of rotatable bonds is 2. The molecule has 0 bridgehead atoms. The Morgan fingerprint density at radius 3 is 2.24 bits per heavy atom. The second kappa shape index (κ2) is 6.93. The minimum Gasteiger partial charge on any atom is -0.444 e. The van der Waals surface area contributed by atoms with Gasteiger partial charge in [0, 0.05) is 19.0 Å². The molecule has 1 N–H and O–H groups in total. The van der Waals surface area contributed by atoms with E-state index in [1.54, 1.807) is 51.1 Å². The van der Waals surface area contributed by atoms with Crippen LogP contribution in [-0.2, 0) is 9.53 Å². The molecule has 1 aliphatic heterocycles. The lowest BCUT2D eigenvalue weighted by atomic mass is 9.94. The van der Waals surface area contributed by atoms with Gasteiger partial charge in [-0.25, -0.2) is 4.79 Å². The average Bonchev–Trinajstić information content (AvgIpc) is 2.89. The molecule has 1 heterocycles. The average molecular weight is 358 g/mol. The van der Waals surface area contributed by atoms with Gasteiger partial charge in [0.2, 0.25) is 0 Å². The van der Waals surface area contributed by atoms with E-state index in [4.69, 9.17) is 4.74 Å². The number of nitrogens with one attached hydrogen (secondary N) is 1. The van der Waals surface area contributed by atoms with Crippen LogP contribution in [0.15, 0.2) is 30.3 Å². The number of ether oxygens (including phenoxy) is 1. The van der Waals surface area contributed by atoms with Crippen LogP contribution < -0.4 is 5.32 Å². The first-order valence-electron chi connectivity index (χ1n) is 7.88. The lowest BCUT2D eigenvalue weighted by Crippen LogP contribution is -2.46. The second-order valence-corrected chi connectivity index (χ2v) is 6.98. The molecule has 0 saturated carbocycles. The Morgan fingerprint density at radius 1 is 1.12 bits per heavy atom. The highest BCUT2D eigenvalue weighted by Crippen LogP contribution is 2.29. The zero-order valence-electron chi connectivity index (χ0n) is 14.3. The fourth-order valence-corrected chi connectivity index (χ4v) is 2.71. The largest absolute Gasteiger partial charge is 0.471 e. The third-order valence-corrected chi connectivity index (χ3v) is 3.77. The summed E-state index contributed by atoms with van der Waals surface area (Å²) in [5.41, 5.74) is 0.0353. The van der Waals surface area contributed by atoms with E-state index in [1.807, 2.05) is 5.32 Å². The molecule has 5 nitrogen and oxygen atoms in total. The minimum absolute atomic E-state index is 0.0453. The van der Waals surface area contributed by atoms with Crippen LogP contribution >= 0.6 is 0 Å². The molecule has 2 amide bonds. The molecule has 2 rings (SSSR count). The molecule has 138 valence electrons. The zero-order chi connectivity index (χ0) is 18.8. The Morgan fingerprint density at radius 2 is 1.72 bits per heavy atom. The summed E-state index contributed by atoms with van der Waals surface area (Å²) >= 11 is 0. The van der Waals surface area contributed by atoms with E-state index in [0.29, 0.717) is 0 Å². The Kier molecular flexibility index (Phi) is 5.29. The maximum atomic E-state index is 12.6. The number of halogens is 3. The first-order valence-corrected chi connectivity index (χ1v) is 7.88. The minimum atomic E-state index is -4.97. The monoisotopic (exact) mass is 358 g/mol. The van der Waals surface area contributed by atoms with E-state index in [-0.39, 0.29) is 13.1 Å². The quantitative estimate of drug-likeness (QED) is 0.884. The maximum absolute atomic E-state index is 12.6. The summed E-state index contributed by atoms with van der Waals surface area (Å²) < 4.78 is 43.1. The lowest BCUT2D eigenvalue weighted by molar-refractivity contribution is -0.174. The van der Waals surface area contributed by atoms with Crippen molar-refractivity contribution in [1.29, 1.82) is 0 Å². The molecule has 1 fully saturated rings. The fourth-order valence-electron chi connectivity index (χ4n) is 2.71. The van der Waals surface area contributed by atoms with Crippen LogP contribution in [0.3, 0.4) is 0 Å². The third-order valence-electron chi connectivity index (χ3n) is 3.77. The molecule has 0 radical (unpaired) electrons. The smallest absolute Gasteiger partial charge is 0.444 e. The number of nitrogens with zero attached hydrogens (tertiary/aromatic N) is 1. The predicted molar refractivity (Wildman–Crippen MR) is 85.0 cm³/mol. The van der Waals surface area contributed by atoms with Crippen molar-refractivity contribution in [3.63, 3.8) is 0 Å². The van der Waals surface area contributed by atoms with Crippen LogP contribution in [0, 0.1) is 0 Å². The van der Waals surface area contributed by atoms with Crippen molar-refractivity contribution in [1.82, 2.24) is 10.2 Å². The summed E-state index contributed by atoms with van der Waals surface area (Å²) in [7, 11) is 0. The first-order chi connectivity index (χ1) is 11.5. The van der Waals surface area contributed by atoms with E-state index in [1.165, 1.54) is 4.90 Å². The van der Waals surface area contributed by atoms with Gasteiger partial charge in [0.1, 0.15) is 5.60 Å². The summed E-state index contributed by atoms with van der Waals surface area (Å²) in [4.78, 5) is 24.9. The highest BCUT2D eigenvalue weighted by atomic mass is 19.4. The Balaban J connectivity index is 2.19. The number of carbonyl (C=O) groups is 2. The number of carbonyl (C=O) groups excluding carboxylic acids is 2. The fraction of sp³-hybridized carbons (Fsp3) is 0.529. The van der Waals surface area contributed by atoms with Crippen LogP contribution in [0.2, 0.25) is 0 Å². The topological polar surface area (TPSA) is 58.6 Å². The molecule has 0 unspecified atom stereocenters. The number of amides is 2. The predicted octanol–water partition coefficient (Wildman–Crippen LogP) is 3.07. The van der Waals surface area contributed by atoms with Gasteiger partial charge in [-0.2, -0.15) is 13.2 Å². The van der Waals surface area contributed by atoms with Gasteiger partial charge in [0.15, 0.2) is 0 Å². The lowest BCUT2D eigenvalue weighted by Gasteiger charge is -2.24. The standard InChI is InChI=1S/C17H21F3N2O3/c1-16(2,3)25-15(24)22-9-12(11-7-5-4-6-8-11)13(10-22)21-14(23)17(18,19)20/h4-8,12-13H,9-10H2,1-3H3,(H,21,23)/t12-,13+/m0/s1. The van der Waals surface area contributed by atoms with Gasteiger partial charge < -0.3 is 15.0 Å². The highest BCUT2D eigenvalue weighted by Gasteiger charge is 2.44. The van der Waals surface area contributed by atoms with E-state index in [2.05, 4.69) is 0 Å². The van der Waals surface area contributed by atoms with Gasteiger partial charge in [-0.15, -0.1) is 0 Å². The molecule has 2 atom stereocenters. The molecule has 8 heteroatoms. The second-order valence-electron chi connectivity index (χ2n) is 6.98. The van der Waals surface area contributed by atoms with Crippen LogP contribution in [0.5, 0.6) is 0 Å². The third kappa shape index (κ3) is 5.11. The van der Waals surface area contributed by atoms with Crippen molar-refractivity contribution in [3.05, 3.63) is 35.9 Å². The van der Waals surface area contributed by atoms with Crippen molar-refractivity contribution in [3.8, 4) is 0 Å². The number of hydrogen-bond donors (Lipinski definition) is 1. The van der Waals surface area contributed by atoms with E-state index < -0.39 is 35.7 Å². The van der Waals surface area contributed by atoms with Crippen molar-refractivity contribution < 1.29 is 27.5 Å². The van der Waals surface area contributed by atoms with Crippen LogP contribution in [0.25, 0.3) is 0 Å². The Bertz CT molecular complexity index is 626. The van der Waals surface area contributed by atoms with Gasteiger partial charge in [0.25, 0.3) is 0 Å². The van der Waals surface area contributed by atoms with Crippen LogP contribution in [0.4, 0.5) is 18.0 Å². The Labute approximate surface area is 144 Å². The maximum Gasteiger partial charge on any atom is 0.471 e. The molecule has 1 aliphatic rings. The molecule has 1 saturated heterocycles. The highest BCUT2D eigenvalue weighted by molar-refractivity contribution is 5.82. The van der Waals surface area contributed by atoms with Crippen LogP contribution in [-0.4, -0.2) is 47.8 Å².